The van der Waals surface area contributed by atoms with Crippen molar-refractivity contribution in [2.45, 2.75) is 32.0 Å². The molecular formula is C23H26N4O3. The first kappa shape index (κ1) is 18.9. The van der Waals surface area contributed by atoms with E-state index in [9.17, 15) is 4.79 Å². The Bertz CT molecular complexity index is 1040. The Balaban J connectivity index is 1.11. The van der Waals surface area contributed by atoms with Crippen molar-refractivity contribution in [2.24, 2.45) is 0 Å². The average Bonchev–Trinajstić information content (AvgIpc) is 3.20. The minimum absolute atomic E-state index is 0.184. The van der Waals surface area contributed by atoms with Crippen molar-refractivity contribution in [3.8, 4) is 11.5 Å². The highest BCUT2D eigenvalue weighted by molar-refractivity contribution is 5.83. The van der Waals surface area contributed by atoms with Gasteiger partial charge in [0.15, 0.2) is 11.5 Å². The van der Waals surface area contributed by atoms with E-state index in [1.165, 1.54) is 5.39 Å². The molecule has 156 valence electrons. The van der Waals surface area contributed by atoms with Gasteiger partial charge in [-0.3, -0.25) is 9.78 Å². The van der Waals surface area contributed by atoms with Crippen molar-refractivity contribution in [3.63, 3.8) is 0 Å². The molecule has 0 saturated carbocycles. The van der Waals surface area contributed by atoms with Gasteiger partial charge in [-0.15, -0.1) is 0 Å². The number of nitrogens with zero attached hydrogens (tertiary/aromatic N) is 3. The molecule has 1 fully saturated rings. The lowest BCUT2D eigenvalue weighted by Gasteiger charge is -2.32. The molecule has 1 amide bonds. The lowest BCUT2D eigenvalue weighted by molar-refractivity contribution is -0.132. The summed E-state index contributed by atoms with van der Waals surface area (Å²) >= 11 is 0. The molecule has 5 rings (SSSR count). The fourth-order valence-corrected chi connectivity index (χ4v) is 4.19. The highest BCUT2D eigenvalue weighted by atomic mass is 16.6. The summed E-state index contributed by atoms with van der Waals surface area (Å²) in [6, 6.07) is 12.6. The van der Waals surface area contributed by atoms with Crippen molar-refractivity contribution in [2.75, 3.05) is 26.3 Å². The maximum atomic E-state index is 12.8. The van der Waals surface area contributed by atoms with Gasteiger partial charge < -0.3 is 24.3 Å². The summed E-state index contributed by atoms with van der Waals surface area (Å²) in [5, 5.41) is 4.74. The van der Waals surface area contributed by atoms with Gasteiger partial charge in [0.1, 0.15) is 19.8 Å². The normalized spacial score (nSPS) is 16.7. The van der Waals surface area contributed by atoms with Crippen LogP contribution in [0.5, 0.6) is 11.5 Å². The number of piperidine rings is 1. The van der Waals surface area contributed by atoms with Crippen LogP contribution in [-0.2, 0) is 17.9 Å². The number of hydrogen-bond donors (Lipinski definition) is 1. The Morgan fingerprint density at radius 1 is 1.10 bits per heavy atom. The molecule has 1 saturated heterocycles. The first-order chi connectivity index (χ1) is 14.8. The quantitative estimate of drug-likeness (QED) is 0.705. The molecule has 2 aliphatic rings. The number of pyridine rings is 1. The van der Waals surface area contributed by atoms with Gasteiger partial charge in [-0.25, -0.2) is 0 Å². The standard InChI is InChI=1S/C23H26N4O3/c28-23(16-27-8-5-17-3-1-2-4-20(17)27)26-9-6-18(7-10-26)24-14-19-13-21-22(15-25-19)30-12-11-29-21/h1-5,8,13,15,18,24H,6-7,9-12,14,16H2. The molecule has 2 aromatic heterocycles. The predicted molar refractivity (Wildman–Crippen MR) is 114 cm³/mol. The second-order valence-electron chi connectivity index (χ2n) is 7.86. The molecule has 0 aliphatic carbocycles. The van der Waals surface area contributed by atoms with E-state index in [0.29, 0.717) is 38.1 Å². The van der Waals surface area contributed by atoms with Crippen molar-refractivity contribution >= 4 is 16.8 Å². The third kappa shape index (κ3) is 3.98. The van der Waals surface area contributed by atoms with Crippen LogP contribution >= 0.6 is 0 Å². The summed E-state index contributed by atoms with van der Waals surface area (Å²) in [5.41, 5.74) is 2.05. The second-order valence-corrected chi connectivity index (χ2v) is 7.86. The molecule has 0 atom stereocenters. The van der Waals surface area contributed by atoms with Gasteiger partial charge in [-0.05, 0) is 30.4 Å². The van der Waals surface area contributed by atoms with Gasteiger partial charge in [0.05, 0.1) is 11.9 Å². The van der Waals surface area contributed by atoms with Crippen LogP contribution in [0.2, 0.25) is 0 Å². The fourth-order valence-electron chi connectivity index (χ4n) is 4.19. The third-order valence-electron chi connectivity index (χ3n) is 5.89. The molecule has 1 aromatic carbocycles. The highest BCUT2D eigenvalue weighted by Gasteiger charge is 2.23. The Morgan fingerprint density at radius 3 is 2.77 bits per heavy atom. The molecule has 0 spiro atoms. The molecule has 1 N–H and O–H groups in total. The summed E-state index contributed by atoms with van der Waals surface area (Å²) in [6.45, 7) is 3.80. The maximum Gasteiger partial charge on any atom is 0.242 e. The van der Waals surface area contributed by atoms with Crippen LogP contribution in [0.25, 0.3) is 10.9 Å². The molecule has 3 aromatic rings. The van der Waals surface area contributed by atoms with Crippen molar-refractivity contribution in [1.29, 1.82) is 0 Å². The fraction of sp³-hybridized carbons (Fsp3) is 0.391. The number of amides is 1. The van der Waals surface area contributed by atoms with E-state index in [2.05, 4.69) is 28.5 Å². The molecule has 7 heteroatoms. The van der Waals surface area contributed by atoms with Gasteiger partial charge in [0.25, 0.3) is 0 Å². The molecule has 0 unspecified atom stereocenters. The summed E-state index contributed by atoms with van der Waals surface area (Å²) in [4.78, 5) is 19.2. The Hall–Kier alpha value is -3.06. The first-order valence-corrected chi connectivity index (χ1v) is 10.6. The summed E-state index contributed by atoms with van der Waals surface area (Å²) < 4.78 is 13.2. The number of hydrogen-bond acceptors (Lipinski definition) is 5. The van der Waals surface area contributed by atoms with E-state index >= 15 is 0 Å². The number of rotatable bonds is 5. The van der Waals surface area contributed by atoms with Crippen molar-refractivity contribution < 1.29 is 14.3 Å². The third-order valence-corrected chi connectivity index (χ3v) is 5.89. The van der Waals surface area contributed by atoms with Crippen molar-refractivity contribution in [3.05, 3.63) is 54.5 Å². The van der Waals surface area contributed by atoms with Crippen LogP contribution in [-0.4, -0.2) is 52.7 Å². The van der Waals surface area contributed by atoms with Crippen LogP contribution in [0.1, 0.15) is 18.5 Å². The number of carbonyl (C=O) groups excluding carboxylic acids is 1. The lowest BCUT2D eigenvalue weighted by Crippen LogP contribution is -2.45. The van der Waals surface area contributed by atoms with E-state index < -0.39 is 0 Å². The minimum atomic E-state index is 0.184. The van der Waals surface area contributed by atoms with Crippen LogP contribution in [0, 0.1) is 0 Å². The number of fused-ring (bicyclic) bond motifs is 2. The Labute approximate surface area is 175 Å². The zero-order valence-corrected chi connectivity index (χ0v) is 16.9. The van der Waals surface area contributed by atoms with Crippen LogP contribution in [0.15, 0.2) is 48.8 Å². The summed E-state index contributed by atoms with van der Waals surface area (Å²) in [6.07, 6.45) is 5.63. The van der Waals surface area contributed by atoms with E-state index in [1.807, 2.05) is 33.9 Å². The predicted octanol–water partition coefficient (Wildman–Crippen LogP) is 2.59. The van der Waals surface area contributed by atoms with E-state index in [4.69, 9.17) is 9.47 Å². The lowest BCUT2D eigenvalue weighted by atomic mass is 10.0. The van der Waals surface area contributed by atoms with Gasteiger partial charge in [0.2, 0.25) is 5.91 Å². The Morgan fingerprint density at radius 2 is 1.90 bits per heavy atom. The van der Waals surface area contributed by atoms with E-state index in [-0.39, 0.29) is 5.91 Å². The number of carbonyl (C=O) groups is 1. The van der Waals surface area contributed by atoms with Crippen LogP contribution < -0.4 is 14.8 Å². The topological polar surface area (TPSA) is 68.6 Å². The highest BCUT2D eigenvalue weighted by Crippen LogP contribution is 2.29. The maximum absolute atomic E-state index is 12.8. The molecule has 30 heavy (non-hydrogen) atoms. The van der Waals surface area contributed by atoms with Crippen LogP contribution in [0.3, 0.4) is 0 Å². The summed E-state index contributed by atoms with van der Waals surface area (Å²) in [5.74, 6) is 1.67. The zero-order valence-electron chi connectivity index (χ0n) is 16.9. The Kier molecular flexibility index (Phi) is 5.27. The average molecular weight is 406 g/mol. The van der Waals surface area contributed by atoms with Gasteiger partial charge in [0, 0.05) is 43.5 Å². The molecule has 4 heterocycles. The molecule has 7 nitrogen and oxygen atoms in total. The molecule has 0 radical (unpaired) electrons. The SMILES string of the molecule is O=C(Cn1ccc2ccccc21)N1CCC(NCc2cc3c(cn2)OCCO3)CC1. The molecule has 2 aliphatic heterocycles. The zero-order chi connectivity index (χ0) is 20.3. The largest absolute Gasteiger partial charge is 0.486 e. The first-order valence-electron chi connectivity index (χ1n) is 10.6. The number of aromatic nitrogens is 2. The number of nitrogens with one attached hydrogen (secondary N) is 1. The number of likely N-dealkylation sites (tertiary alicyclic amines) is 1. The van der Waals surface area contributed by atoms with Gasteiger partial charge in [-0.1, -0.05) is 18.2 Å². The number of ether oxygens (including phenoxy) is 2. The van der Waals surface area contributed by atoms with Crippen molar-refractivity contribution in [1.82, 2.24) is 19.8 Å². The monoisotopic (exact) mass is 406 g/mol. The smallest absolute Gasteiger partial charge is 0.242 e. The van der Waals surface area contributed by atoms with Crippen LogP contribution in [0.4, 0.5) is 0 Å². The van der Waals surface area contributed by atoms with Gasteiger partial charge in [-0.2, -0.15) is 0 Å². The van der Waals surface area contributed by atoms with E-state index in [1.54, 1.807) is 6.20 Å². The van der Waals surface area contributed by atoms with E-state index in [0.717, 1.165) is 42.9 Å². The summed E-state index contributed by atoms with van der Waals surface area (Å²) in [7, 11) is 0. The number of benzene rings is 1. The molecule has 0 bridgehead atoms. The minimum Gasteiger partial charge on any atom is -0.486 e. The number of para-hydroxylation sites is 1. The molecular weight excluding hydrogens is 380 g/mol. The second kappa shape index (κ2) is 8.36. The van der Waals surface area contributed by atoms with Gasteiger partial charge >= 0.3 is 0 Å².